The topological polar surface area (TPSA) is 125 Å². The van der Waals surface area contributed by atoms with Crippen molar-refractivity contribution in [2.24, 2.45) is 5.73 Å². The molecule has 0 radical (unpaired) electrons. The average Bonchev–Trinajstić information content (AvgIpc) is 3.00. The molecule has 1 fully saturated rings. The van der Waals surface area contributed by atoms with Crippen molar-refractivity contribution in [3.05, 3.63) is 30.3 Å². The molecule has 4 amide bonds. The van der Waals surface area contributed by atoms with Crippen LogP contribution < -0.4 is 21.3 Å². The first kappa shape index (κ1) is 26.2. The number of imide groups is 1. The maximum Gasteiger partial charge on any atom is 0.329 e. The maximum absolute atomic E-state index is 12.1. The lowest BCUT2D eigenvalue weighted by Gasteiger charge is -2.22. The Morgan fingerprint density at radius 3 is 2.67 bits per heavy atom. The molecule has 5 N–H and O–H groups in total. The number of halogens is 1. The van der Waals surface area contributed by atoms with Crippen LogP contribution in [0.5, 0.6) is 0 Å². The number of aliphatic hydroxyl groups excluding tert-OH is 1. The minimum Gasteiger partial charge on any atom is -0.382 e. The van der Waals surface area contributed by atoms with Gasteiger partial charge in [0, 0.05) is 18.3 Å². The minimum absolute atomic E-state index is 0. The van der Waals surface area contributed by atoms with E-state index in [1.807, 2.05) is 25.1 Å². The number of unbranched alkanes of at least 4 members (excludes halogenated alkanes) is 1. The van der Waals surface area contributed by atoms with Gasteiger partial charge in [-0.05, 0) is 49.3 Å². The van der Waals surface area contributed by atoms with Crippen LogP contribution in [0.1, 0.15) is 32.6 Å². The summed E-state index contributed by atoms with van der Waals surface area (Å²) in [5.41, 5.74) is 6.54. The second kappa shape index (κ2) is 13.5. The number of amides is 4. The van der Waals surface area contributed by atoms with Gasteiger partial charge in [0.1, 0.15) is 12.1 Å². The number of nitrogens with one attached hydrogen (secondary N) is 2. The lowest BCUT2D eigenvalue weighted by Crippen LogP contribution is -2.46. The summed E-state index contributed by atoms with van der Waals surface area (Å²) in [6.07, 6.45) is 1.11. The Balaban J connectivity index is 0.00000450. The highest BCUT2D eigenvalue weighted by atomic mass is 35.5. The van der Waals surface area contributed by atoms with Crippen molar-refractivity contribution in [3.63, 3.8) is 0 Å². The fraction of sp³-hybridized carbons (Fsp3) is 0.550. The van der Waals surface area contributed by atoms with Gasteiger partial charge in [-0.2, -0.15) is 11.8 Å². The average molecular weight is 459 g/mol. The van der Waals surface area contributed by atoms with E-state index in [0.717, 1.165) is 11.5 Å². The lowest BCUT2D eigenvalue weighted by atomic mass is 10.1. The molecule has 0 aromatic heterocycles. The van der Waals surface area contributed by atoms with Crippen LogP contribution in [0, 0.1) is 0 Å². The number of benzene rings is 1. The fourth-order valence-electron chi connectivity index (χ4n) is 3.15. The van der Waals surface area contributed by atoms with Crippen molar-refractivity contribution < 1.29 is 19.5 Å². The molecule has 1 aliphatic heterocycles. The van der Waals surface area contributed by atoms with Crippen LogP contribution in [0.4, 0.5) is 10.5 Å². The Bertz CT molecular complexity index is 695. The normalized spacial score (nSPS) is 17.8. The molecule has 0 saturated carbocycles. The van der Waals surface area contributed by atoms with Crippen LogP contribution in [0.2, 0.25) is 0 Å². The second-order valence-corrected chi connectivity index (χ2v) is 8.29. The van der Waals surface area contributed by atoms with Crippen molar-refractivity contribution >= 4 is 47.7 Å². The number of urea groups is 1. The molecule has 1 aromatic rings. The standard InChI is InChI=1S/C20H30N4O4S.ClH/c1-2-29-13-11-15(21)17(25)19(27)22-12-7-6-10-16-18(26)23-20(28)24(16)14-8-4-3-5-9-14;/h3-5,8-9,15-17,25H,2,6-7,10-13,21H2,1H3,(H,22,27)(H,23,26,28);1H/t15-,16+,17?;/m1./s1. The van der Waals surface area contributed by atoms with Gasteiger partial charge in [-0.3, -0.25) is 19.8 Å². The third-order valence-electron chi connectivity index (χ3n) is 4.78. The smallest absolute Gasteiger partial charge is 0.329 e. The molecule has 3 atom stereocenters. The Hall–Kier alpha value is -1.81. The molecule has 0 aliphatic carbocycles. The number of carbonyl (C=O) groups excluding carboxylic acids is 3. The maximum atomic E-state index is 12.1. The zero-order valence-corrected chi connectivity index (χ0v) is 18.7. The summed E-state index contributed by atoms with van der Waals surface area (Å²) in [5.74, 6) is 0.997. The van der Waals surface area contributed by atoms with Gasteiger partial charge in [0.15, 0.2) is 0 Å². The molecular formula is C20H31ClN4O4S. The predicted octanol–water partition coefficient (Wildman–Crippen LogP) is 1.65. The number of aliphatic hydroxyl groups is 1. The van der Waals surface area contributed by atoms with Crippen molar-refractivity contribution in [3.8, 4) is 0 Å². The Morgan fingerprint density at radius 1 is 1.30 bits per heavy atom. The molecule has 1 aromatic carbocycles. The van der Waals surface area contributed by atoms with Crippen molar-refractivity contribution in [2.75, 3.05) is 23.0 Å². The van der Waals surface area contributed by atoms with Crippen LogP contribution in [0.3, 0.4) is 0 Å². The number of nitrogens with zero attached hydrogens (tertiary/aromatic N) is 1. The Labute approximate surface area is 187 Å². The van der Waals surface area contributed by atoms with Gasteiger partial charge in [0.25, 0.3) is 5.91 Å². The third-order valence-corrected chi connectivity index (χ3v) is 5.71. The fourth-order valence-corrected chi connectivity index (χ4v) is 3.88. The van der Waals surface area contributed by atoms with Crippen LogP contribution in [-0.4, -0.2) is 59.2 Å². The number of thioether (sulfide) groups is 1. The molecule has 10 heteroatoms. The van der Waals surface area contributed by atoms with Gasteiger partial charge in [-0.15, -0.1) is 12.4 Å². The first-order valence-corrected chi connectivity index (χ1v) is 11.1. The first-order chi connectivity index (χ1) is 14.0. The highest BCUT2D eigenvalue weighted by Crippen LogP contribution is 2.23. The molecule has 30 heavy (non-hydrogen) atoms. The van der Waals surface area contributed by atoms with E-state index >= 15 is 0 Å². The molecule has 168 valence electrons. The molecule has 1 unspecified atom stereocenters. The summed E-state index contributed by atoms with van der Waals surface area (Å²) >= 11 is 1.72. The number of para-hydroxylation sites is 1. The minimum atomic E-state index is -1.22. The molecule has 1 saturated heterocycles. The van der Waals surface area contributed by atoms with Gasteiger partial charge >= 0.3 is 6.03 Å². The van der Waals surface area contributed by atoms with Crippen molar-refractivity contribution in [2.45, 2.75) is 50.8 Å². The van der Waals surface area contributed by atoms with Crippen molar-refractivity contribution in [1.29, 1.82) is 0 Å². The van der Waals surface area contributed by atoms with E-state index in [1.54, 1.807) is 23.9 Å². The largest absolute Gasteiger partial charge is 0.382 e. The van der Waals surface area contributed by atoms with Gasteiger partial charge in [0.05, 0.1) is 0 Å². The Kier molecular flexibility index (Phi) is 11.8. The van der Waals surface area contributed by atoms with Crippen LogP contribution in [0.15, 0.2) is 30.3 Å². The summed E-state index contributed by atoms with van der Waals surface area (Å²) in [7, 11) is 0. The van der Waals surface area contributed by atoms with Gasteiger partial charge in [-0.1, -0.05) is 25.1 Å². The highest BCUT2D eigenvalue weighted by Gasteiger charge is 2.38. The number of rotatable bonds is 12. The molecule has 1 aliphatic rings. The zero-order valence-electron chi connectivity index (χ0n) is 17.1. The predicted molar refractivity (Wildman–Crippen MR) is 122 cm³/mol. The number of carbonyl (C=O) groups is 3. The van der Waals surface area contributed by atoms with E-state index in [-0.39, 0.29) is 18.3 Å². The summed E-state index contributed by atoms with van der Waals surface area (Å²) in [6, 6.07) is 7.49. The van der Waals surface area contributed by atoms with Gasteiger partial charge in [0.2, 0.25) is 5.91 Å². The SMILES string of the molecule is CCSCC[C@@H](N)C(O)C(=O)NCCCC[C@H]1C(=O)NC(=O)N1c1ccccc1.Cl. The van der Waals surface area contributed by atoms with E-state index in [9.17, 15) is 19.5 Å². The van der Waals surface area contributed by atoms with E-state index in [4.69, 9.17) is 5.73 Å². The monoisotopic (exact) mass is 458 g/mol. The van der Waals surface area contributed by atoms with Crippen molar-refractivity contribution in [1.82, 2.24) is 10.6 Å². The highest BCUT2D eigenvalue weighted by molar-refractivity contribution is 7.99. The number of nitrogens with two attached hydrogens (primary N) is 1. The van der Waals surface area contributed by atoms with Crippen LogP contribution in [-0.2, 0) is 9.59 Å². The molecule has 0 bridgehead atoms. The number of hydrogen-bond donors (Lipinski definition) is 4. The van der Waals surface area contributed by atoms with E-state index < -0.39 is 30.1 Å². The summed E-state index contributed by atoms with van der Waals surface area (Å²) in [4.78, 5) is 37.7. The van der Waals surface area contributed by atoms with Crippen LogP contribution >= 0.6 is 24.2 Å². The van der Waals surface area contributed by atoms with E-state index in [2.05, 4.69) is 10.6 Å². The molecular weight excluding hydrogens is 428 g/mol. The quantitative estimate of drug-likeness (QED) is 0.279. The number of hydrogen-bond acceptors (Lipinski definition) is 6. The third kappa shape index (κ3) is 7.46. The first-order valence-electron chi connectivity index (χ1n) is 9.94. The molecule has 2 rings (SSSR count). The summed E-state index contributed by atoms with van der Waals surface area (Å²) < 4.78 is 0. The summed E-state index contributed by atoms with van der Waals surface area (Å²) in [6.45, 7) is 2.42. The number of anilines is 1. The molecule has 1 heterocycles. The van der Waals surface area contributed by atoms with Gasteiger partial charge in [-0.25, -0.2) is 4.79 Å². The molecule has 8 nitrogen and oxygen atoms in total. The summed E-state index contributed by atoms with van der Waals surface area (Å²) in [5, 5.41) is 15.0. The van der Waals surface area contributed by atoms with Crippen LogP contribution in [0.25, 0.3) is 0 Å². The second-order valence-electron chi connectivity index (χ2n) is 6.90. The van der Waals surface area contributed by atoms with E-state index in [1.165, 1.54) is 4.90 Å². The lowest BCUT2D eigenvalue weighted by molar-refractivity contribution is -0.130. The zero-order chi connectivity index (χ0) is 21.2. The van der Waals surface area contributed by atoms with E-state index in [0.29, 0.717) is 37.9 Å². The van der Waals surface area contributed by atoms with Gasteiger partial charge < -0.3 is 16.2 Å². The molecule has 0 spiro atoms. The Morgan fingerprint density at radius 2 is 2.00 bits per heavy atom.